The second-order valence-corrected chi connectivity index (χ2v) is 9.24. The molecule has 6 rings (SSSR count). The fourth-order valence-electron chi connectivity index (χ4n) is 4.86. The lowest BCUT2D eigenvalue weighted by molar-refractivity contribution is -0.124. The van der Waals surface area contributed by atoms with Gasteiger partial charge in [0.15, 0.2) is 0 Å². The molecule has 1 aromatic carbocycles. The van der Waals surface area contributed by atoms with E-state index < -0.39 is 0 Å². The molecule has 1 aromatic heterocycles. The van der Waals surface area contributed by atoms with E-state index in [9.17, 15) is 14.4 Å². The topological polar surface area (TPSA) is 104 Å². The number of aryl methyl sites for hydroxylation is 1. The number of fused-ring (bicyclic) bond motifs is 1. The maximum atomic E-state index is 13.0. The summed E-state index contributed by atoms with van der Waals surface area (Å²) < 4.78 is 0. The Morgan fingerprint density at radius 2 is 1.71 bits per heavy atom. The third kappa shape index (κ3) is 3.52. The number of imide groups is 1. The molecule has 4 unspecified atom stereocenters. The predicted octanol–water partition coefficient (Wildman–Crippen LogP) is 3.12. The molecule has 0 spiro atoms. The molecule has 31 heavy (non-hydrogen) atoms. The Bertz CT molecular complexity index is 1030. The predicted molar refractivity (Wildman–Crippen MR) is 116 cm³/mol. The summed E-state index contributed by atoms with van der Waals surface area (Å²) in [6.45, 7) is 2.29. The third-order valence-corrected chi connectivity index (χ3v) is 7.38. The summed E-state index contributed by atoms with van der Waals surface area (Å²) in [7, 11) is 0. The zero-order valence-electron chi connectivity index (χ0n) is 17.1. The lowest BCUT2D eigenvalue weighted by Crippen LogP contribution is -2.38. The minimum absolute atomic E-state index is 0.0807. The number of anilines is 2. The summed E-state index contributed by atoms with van der Waals surface area (Å²) in [6, 6.07) is 6.83. The van der Waals surface area contributed by atoms with Gasteiger partial charge in [0.25, 0.3) is 0 Å². The van der Waals surface area contributed by atoms with Crippen molar-refractivity contribution >= 4 is 40.0 Å². The van der Waals surface area contributed by atoms with Gasteiger partial charge in [0, 0.05) is 6.54 Å². The molecule has 3 aliphatic carbocycles. The molecule has 0 radical (unpaired) electrons. The van der Waals surface area contributed by atoms with Crippen LogP contribution < -0.4 is 15.5 Å². The van der Waals surface area contributed by atoms with Gasteiger partial charge >= 0.3 is 6.03 Å². The summed E-state index contributed by atoms with van der Waals surface area (Å²) in [5, 5.41) is 14.7. The van der Waals surface area contributed by atoms with Crippen LogP contribution in [0.4, 0.5) is 15.6 Å². The van der Waals surface area contributed by atoms with E-state index in [2.05, 4.69) is 33.0 Å². The Labute approximate surface area is 183 Å². The molecular weight excluding hydrogens is 414 g/mol. The molecule has 4 aliphatic rings. The minimum atomic E-state index is -0.361. The van der Waals surface area contributed by atoms with Gasteiger partial charge in [-0.3, -0.25) is 19.8 Å². The number of benzene rings is 1. The van der Waals surface area contributed by atoms with Gasteiger partial charge in [0.05, 0.1) is 17.5 Å². The second-order valence-electron chi connectivity index (χ2n) is 8.18. The van der Waals surface area contributed by atoms with Crippen LogP contribution in [-0.2, 0) is 22.6 Å². The van der Waals surface area contributed by atoms with Crippen molar-refractivity contribution in [1.82, 2.24) is 15.5 Å². The maximum absolute atomic E-state index is 13.0. The summed E-state index contributed by atoms with van der Waals surface area (Å²) in [5.41, 5.74) is 1.46. The van der Waals surface area contributed by atoms with Crippen molar-refractivity contribution in [2.24, 2.45) is 23.7 Å². The van der Waals surface area contributed by atoms with Crippen LogP contribution in [0.25, 0.3) is 0 Å². The highest BCUT2D eigenvalue weighted by Gasteiger charge is 2.56. The van der Waals surface area contributed by atoms with E-state index in [0.717, 1.165) is 29.8 Å². The number of nitrogens with zero attached hydrogens (tertiary/aromatic N) is 3. The second kappa shape index (κ2) is 7.88. The molecule has 1 aliphatic heterocycles. The van der Waals surface area contributed by atoms with Gasteiger partial charge in [-0.2, -0.15) is 0 Å². The number of amides is 4. The number of nitrogens with one attached hydrogen (secondary N) is 2. The van der Waals surface area contributed by atoms with Gasteiger partial charge in [-0.15, -0.1) is 10.2 Å². The van der Waals surface area contributed by atoms with Crippen LogP contribution in [-0.4, -0.2) is 28.0 Å². The molecule has 160 valence electrons. The number of rotatable bonds is 5. The first-order chi connectivity index (χ1) is 15.0. The van der Waals surface area contributed by atoms with E-state index in [1.165, 1.54) is 16.2 Å². The molecule has 4 atom stereocenters. The fourth-order valence-corrected chi connectivity index (χ4v) is 5.54. The van der Waals surface area contributed by atoms with Crippen molar-refractivity contribution in [1.29, 1.82) is 0 Å². The standard InChI is InChI=1S/C22H23N5O3S/c1-2-16-25-26-22(31-16)24-21(30)23-11-12-3-9-15(10-4-12)27-19(28)17-13-5-6-14(8-7-13)18(17)20(27)29/h3-6,9-10,13-14,17-18H,2,7-8,11H2,1H3,(H2,23,24,26,30). The fraction of sp³-hybridized carbons (Fsp3) is 0.409. The molecular formula is C22H23N5O3S. The van der Waals surface area contributed by atoms with Crippen molar-refractivity contribution in [2.45, 2.75) is 32.7 Å². The molecule has 2 bridgehead atoms. The first-order valence-corrected chi connectivity index (χ1v) is 11.4. The molecule has 1 saturated carbocycles. The number of hydrogen-bond acceptors (Lipinski definition) is 6. The highest BCUT2D eigenvalue weighted by Crippen LogP contribution is 2.50. The Balaban J connectivity index is 1.22. The van der Waals surface area contributed by atoms with E-state index >= 15 is 0 Å². The van der Waals surface area contributed by atoms with Crippen LogP contribution in [0.3, 0.4) is 0 Å². The first kappa shape index (κ1) is 19.9. The largest absolute Gasteiger partial charge is 0.334 e. The Morgan fingerprint density at radius 3 is 2.26 bits per heavy atom. The molecule has 1 saturated heterocycles. The van der Waals surface area contributed by atoms with Crippen molar-refractivity contribution in [3.8, 4) is 0 Å². The van der Waals surface area contributed by atoms with Gasteiger partial charge < -0.3 is 5.32 Å². The SMILES string of the molecule is CCc1nnc(NC(=O)NCc2ccc(N3C(=O)C4C5C=CC(CC5)C4C3=O)cc2)s1. The Hall–Kier alpha value is -3.07. The van der Waals surface area contributed by atoms with Gasteiger partial charge in [0.2, 0.25) is 16.9 Å². The van der Waals surface area contributed by atoms with Crippen LogP contribution in [0, 0.1) is 23.7 Å². The van der Waals surface area contributed by atoms with Gasteiger partial charge in [-0.05, 0) is 48.8 Å². The molecule has 4 amide bonds. The van der Waals surface area contributed by atoms with Crippen LogP contribution in [0.1, 0.15) is 30.3 Å². The van der Waals surface area contributed by atoms with E-state index in [0.29, 0.717) is 17.4 Å². The number of urea groups is 1. The molecule has 2 aromatic rings. The number of carbonyl (C=O) groups is 3. The van der Waals surface area contributed by atoms with Crippen molar-refractivity contribution < 1.29 is 14.4 Å². The van der Waals surface area contributed by atoms with E-state index in [4.69, 9.17) is 0 Å². The number of hydrogen-bond donors (Lipinski definition) is 2. The Kier molecular flexibility index (Phi) is 5.05. The first-order valence-electron chi connectivity index (χ1n) is 10.6. The average Bonchev–Trinajstić information content (AvgIpc) is 3.36. The van der Waals surface area contributed by atoms with Crippen LogP contribution in [0.5, 0.6) is 0 Å². The summed E-state index contributed by atoms with van der Waals surface area (Å²) in [4.78, 5) is 39.5. The molecule has 2 N–H and O–H groups in total. The third-order valence-electron chi connectivity index (χ3n) is 6.40. The normalized spacial score (nSPS) is 26.3. The smallest absolute Gasteiger partial charge is 0.321 e. The molecule has 2 heterocycles. The van der Waals surface area contributed by atoms with Crippen LogP contribution >= 0.6 is 11.3 Å². The minimum Gasteiger partial charge on any atom is -0.334 e. The maximum Gasteiger partial charge on any atom is 0.321 e. The number of allylic oxidation sites excluding steroid dienone is 2. The van der Waals surface area contributed by atoms with Crippen LogP contribution in [0.15, 0.2) is 36.4 Å². The quantitative estimate of drug-likeness (QED) is 0.552. The lowest BCUT2D eigenvalue weighted by atomic mass is 9.63. The highest BCUT2D eigenvalue weighted by molar-refractivity contribution is 7.15. The number of carbonyl (C=O) groups excluding carboxylic acids is 3. The summed E-state index contributed by atoms with van der Waals surface area (Å²) in [5.74, 6) is -0.227. The lowest BCUT2D eigenvalue weighted by Gasteiger charge is -2.38. The molecule has 8 nitrogen and oxygen atoms in total. The Morgan fingerprint density at radius 1 is 1.06 bits per heavy atom. The van der Waals surface area contributed by atoms with Crippen molar-refractivity contribution in [3.05, 3.63) is 47.0 Å². The van der Waals surface area contributed by atoms with Gasteiger partial charge in [-0.25, -0.2) is 4.79 Å². The van der Waals surface area contributed by atoms with E-state index in [1.54, 1.807) is 12.1 Å². The zero-order valence-corrected chi connectivity index (χ0v) is 17.9. The van der Waals surface area contributed by atoms with E-state index in [1.807, 2.05) is 19.1 Å². The molecule has 2 fully saturated rings. The van der Waals surface area contributed by atoms with E-state index in [-0.39, 0.29) is 41.5 Å². The summed E-state index contributed by atoms with van der Waals surface area (Å²) >= 11 is 1.34. The monoisotopic (exact) mass is 437 g/mol. The van der Waals surface area contributed by atoms with Crippen molar-refractivity contribution in [3.63, 3.8) is 0 Å². The zero-order chi connectivity index (χ0) is 21.5. The van der Waals surface area contributed by atoms with Gasteiger partial charge in [0.1, 0.15) is 5.01 Å². The average molecular weight is 438 g/mol. The van der Waals surface area contributed by atoms with Crippen LogP contribution in [0.2, 0.25) is 0 Å². The molecule has 9 heteroatoms. The van der Waals surface area contributed by atoms with Gasteiger partial charge in [-0.1, -0.05) is 42.5 Å². The number of aromatic nitrogens is 2. The van der Waals surface area contributed by atoms with Crippen molar-refractivity contribution in [2.75, 3.05) is 10.2 Å². The summed E-state index contributed by atoms with van der Waals surface area (Å²) in [6.07, 6.45) is 6.98. The highest BCUT2D eigenvalue weighted by atomic mass is 32.1.